The van der Waals surface area contributed by atoms with E-state index >= 15 is 0 Å². The first-order valence-electron chi connectivity index (χ1n) is 7.42. The molecule has 122 valence electrons. The molecule has 2 aromatic rings. The van der Waals surface area contributed by atoms with Gasteiger partial charge in [0.05, 0.1) is 5.56 Å². The minimum atomic E-state index is -0.295. The van der Waals surface area contributed by atoms with Crippen LogP contribution in [0.4, 0.5) is 5.00 Å². The van der Waals surface area contributed by atoms with Gasteiger partial charge in [-0.1, -0.05) is 6.92 Å². The highest BCUT2D eigenvalue weighted by molar-refractivity contribution is 7.16. The van der Waals surface area contributed by atoms with E-state index in [1.165, 1.54) is 22.7 Å². The fraction of sp³-hybridized carbons (Fsp3) is 0.438. The van der Waals surface area contributed by atoms with Crippen LogP contribution in [0.15, 0.2) is 5.38 Å². The summed E-state index contributed by atoms with van der Waals surface area (Å²) >= 11 is 2.83. The summed E-state index contributed by atoms with van der Waals surface area (Å²) in [5.41, 5.74) is 1.91. The van der Waals surface area contributed by atoms with Crippen molar-refractivity contribution in [3.63, 3.8) is 0 Å². The van der Waals surface area contributed by atoms with Crippen molar-refractivity contribution < 1.29 is 9.53 Å². The van der Waals surface area contributed by atoms with Gasteiger partial charge in [-0.2, -0.15) is 5.26 Å². The number of anilines is 1. The summed E-state index contributed by atoms with van der Waals surface area (Å²) in [5, 5.41) is 15.2. The van der Waals surface area contributed by atoms with Gasteiger partial charge in [0.1, 0.15) is 27.9 Å². The number of thiazole rings is 1. The Kier molecular flexibility index (Phi) is 5.88. The number of hydrogen-bond acceptors (Lipinski definition) is 6. The molecule has 0 aliphatic heterocycles. The molecule has 0 aliphatic carbocycles. The molecule has 2 heterocycles. The molecule has 23 heavy (non-hydrogen) atoms. The summed E-state index contributed by atoms with van der Waals surface area (Å²) in [7, 11) is 0. The highest BCUT2D eigenvalue weighted by atomic mass is 32.1. The molecule has 2 rings (SSSR count). The van der Waals surface area contributed by atoms with Crippen molar-refractivity contribution in [2.75, 3.05) is 11.9 Å². The third kappa shape index (κ3) is 3.78. The van der Waals surface area contributed by atoms with Gasteiger partial charge >= 0.3 is 0 Å². The van der Waals surface area contributed by atoms with E-state index in [-0.39, 0.29) is 12.0 Å². The zero-order valence-corrected chi connectivity index (χ0v) is 15.2. The van der Waals surface area contributed by atoms with Crippen LogP contribution in [0.25, 0.3) is 0 Å². The highest BCUT2D eigenvalue weighted by Gasteiger charge is 2.19. The van der Waals surface area contributed by atoms with Crippen LogP contribution in [0.2, 0.25) is 0 Å². The fourth-order valence-corrected chi connectivity index (χ4v) is 4.17. The lowest BCUT2D eigenvalue weighted by atomic mass is 10.1. The van der Waals surface area contributed by atoms with Crippen LogP contribution in [0.5, 0.6) is 0 Å². The van der Waals surface area contributed by atoms with E-state index in [1.54, 1.807) is 5.38 Å². The molecule has 7 heteroatoms. The lowest BCUT2D eigenvalue weighted by Crippen LogP contribution is -2.12. The van der Waals surface area contributed by atoms with Crippen LogP contribution >= 0.6 is 22.7 Å². The minimum Gasteiger partial charge on any atom is -0.372 e. The highest BCUT2D eigenvalue weighted by Crippen LogP contribution is 2.33. The van der Waals surface area contributed by atoms with E-state index in [2.05, 4.69) is 16.4 Å². The molecule has 0 saturated carbocycles. The van der Waals surface area contributed by atoms with E-state index in [4.69, 9.17) is 4.74 Å². The van der Waals surface area contributed by atoms with Crippen LogP contribution in [0.3, 0.4) is 0 Å². The van der Waals surface area contributed by atoms with Gasteiger partial charge in [0, 0.05) is 16.9 Å². The van der Waals surface area contributed by atoms with Crippen LogP contribution < -0.4 is 5.32 Å². The Morgan fingerprint density at radius 1 is 1.52 bits per heavy atom. The summed E-state index contributed by atoms with van der Waals surface area (Å²) in [6, 6.07) is 2.19. The normalized spacial score (nSPS) is 12.0. The van der Waals surface area contributed by atoms with Crippen molar-refractivity contribution in [1.29, 1.82) is 5.26 Å². The molecule has 0 aliphatic rings. The molecule has 0 radical (unpaired) electrons. The Morgan fingerprint density at radius 2 is 2.26 bits per heavy atom. The SMILES string of the molecule is CCO[C@H](C)c1nc(C(=O)Nc2sc(C)c(CC)c2C#N)cs1. The van der Waals surface area contributed by atoms with Crippen LogP contribution in [-0.2, 0) is 11.2 Å². The van der Waals surface area contributed by atoms with Gasteiger partial charge in [0.25, 0.3) is 5.91 Å². The first-order chi connectivity index (χ1) is 11.0. The largest absolute Gasteiger partial charge is 0.372 e. The van der Waals surface area contributed by atoms with E-state index in [1.807, 2.05) is 27.7 Å². The summed E-state index contributed by atoms with van der Waals surface area (Å²) in [6.07, 6.45) is 0.644. The number of thiophene rings is 1. The van der Waals surface area contributed by atoms with Crippen LogP contribution in [0, 0.1) is 18.3 Å². The summed E-state index contributed by atoms with van der Waals surface area (Å²) in [6.45, 7) is 8.40. The van der Waals surface area contributed by atoms with Gasteiger partial charge < -0.3 is 10.1 Å². The average molecular weight is 349 g/mol. The van der Waals surface area contributed by atoms with Crippen molar-refractivity contribution in [3.05, 3.63) is 32.1 Å². The number of amides is 1. The lowest BCUT2D eigenvalue weighted by molar-refractivity contribution is 0.0760. The molecule has 1 N–H and O–H groups in total. The maximum Gasteiger partial charge on any atom is 0.275 e. The van der Waals surface area contributed by atoms with Gasteiger partial charge in [-0.25, -0.2) is 4.98 Å². The zero-order chi connectivity index (χ0) is 17.0. The zero-order valence-electron chi connectivity index (χ0n) is 13.6. The molecule has 2 aromatic heterocycles. The quantitative estimate of drug-likeness (QED) is 0.844. The maximum atomic E-state index is 12.4. The molecular formula is C16H19N3O2S2. The topological polar surface area (TPSA) is 75.0 Å². The number of ether oxygens (including phenoxy) is 1. The molecule has 0 aromatic carbocycles. The second-order valence-electron chi connectivity index (χ2n) is 4.93. The number of nitrogens with one attached hydrogen (secondary N) is 1. The van der Waals surface area contributed by atoms with E-state index < -0.39 is 0 Å². The number of aryl methyl sites for hydroxylation is 1. The molecule has 1 amide bonds. The smallest absolute Gasteiger partial charge is 0.275 e. The first-order valence-corrected chi connectivity index (χ1v) is 9.12. The Hall–Kier alpha value is -1.75. The maximum absolute atomic E-state index is 12.4. The fourth-order valence-electron chi connectivity index (χ4n) is 2.28. The molecule has 0 unspecified atom stereocenters. The van der Waals surface area contributed by atoms with Gasteiger partial charge in [0.15, 0.2) is 0 Å². The van der Waals surface area contributed by atoms with E-state index in [0.717, 1.165) is 21.9 Å². The van der Waals surface area contributed by atoms with Crippen molar-refractivity contribution in [2.24, 2.45) is 0 Å². The number of nitrogens with zero attached hydrogens (tertiary/aromatic N) is 2. The van der Waals surface area contributed by atoms with Crippen LogP contribution in [-0.4, -0.2) is 17.5 Å². The number of nitriles is 1. The molecular weight excluding hydrogens is 330 g/mol. The van der Waals surface area contributed by atoms with Crippen molar-refractivity contribution in [1.82, 2.24) is 4.98 Å². The monoisotopic (exact) mass is 349 g/mol. The number of aromatic nitrogens is 1. The number of carbonyl (C=O) groups excluding carboxylic acids is 1. The average Bonchev–Trinajstić information content (AvgIpc) is 3.11. The molecule has 0 bridgehead atoms. The second-order valence-corrected chi connectivity index (χ2v) is 7.04. The molecule has 5 nitrogen and oxygen atoms in total. The Bertz CT molecular complexity index is 743. The van der Waals surface area contributed by atoms with Gasteiger partial charge in [-0.15, -0.1) is 22.7 Å². The Morgan fingerprint density at radius 3 is 2.87 bits per heavy atom. The second kappa shape index (κ2) is 7.68. The van der Waals surface area contributed by atoms with E-state index in [0.29, 0.717) is 22.9 Å². The van der Waals surface area contributed by atoms with Crippen LogP contribution in [0.1, 0.15) is 58.4 Å². The minimum absolute atomic E-state index is 0.128. The molecule has 1 atom stereocenters. The van der Waals surface area contributed by atoms with Gasteiger partial charge in [-0.05, 0) is 32.8 Å². The summed E-state index contributed by atoms with van der Waals surface area (Å²) < 4.78 is 5.48. The molecule has 0 spiro atoms. The number of carbonyl (C=O) groups is 1. The van der Waals surface area contributed by atoms with Crippen molar-refractivity contribution in [3.8, 4) is 6.07 Å². The standard InChI is InChI=1S/C16H19N3O2S2/c1-5-11-10(4)23-16(12(11)7-17)19-14(20)13-8-22-15(18-13)9(3)21-6-2/h8-9H,5-6H2,1-4H3,(H,19,20)/t9-/m1/s1. The molecule has 0 saturated heterocycles. The van der Waals surface area contributed by atoms with Gasteiger partial charge in [-0.3, -0.25) is 4.79 Å². The predicted octanol–water partition coefficient (Wildman–Crippen LogP) is 4.30. The molecule has 0 fully saturated rings. The van der Waals surface area contributed by atoms with E-state index in [9.17, 15) is 10.1 Å². The predicted molar refractivity (Wildman–Crippen MR) is 93.3 cm³/mol. The Balaban J connectivity index is 2.19. The first kappa shape index (κ1) is 17.6. The lowest BCUT2D eigenvalue weighted by Gasteiger charge is -2.07. The third-order valence-corrected chi connectivity index (χ3v) is 5.49. The van der Waals surface area contributed by atoms with Crippen molar-refractivity contribution >= 4 is 33.6 Å². The van der Waals surface area contributed by atoms with Crippen molar-refractivity contribution in [2.45, 2.75) is 40.2 Å². The Labute approximate surface area is 143 Å². The summed E-state index contributed by atoms with van der Waals surface area (Å²) in [4.78, 5) is 17.8. The van der Waals surface area contributed by atoms with Gasteiger partial charge in [0.2, 0.25) is 0 Å². The number of rotatable bonds is 6. The summed E-state index contributed by atoms with van der Waals surface area (Å²) in [5.74, 6) is -0.295. The third-order valence-electron chi connectivity index (χ3n) is 3.42. The number of hydrogen-bond donors (Lipinski definition) is 1.